The van der Waals surface area contributed by atoms with Crippen LogP contribution in [-0.2, 0) is 0 Å². The van der Waals surface area contributed by atoms with Crippen molar-refractivity contribution in [3.05, 3.63) is 34.5 Å². The topological polar surface area (TPSA) is 62.2 Å². The normalized spacial score (nSPS) is 18.0. The SMILES string of the molecule is O=c1cc(C2CCNCC2)[nH]c2nccn12. The maximum atomic E-state index is 11.8. The van der Waals surface area contributed by atoms with Crippen LogP contribution in [0.5, 0.6) is 0 Å². The highest BCUT2D eigenvalue weighted by molar-refractivity contribution is 5.30. The standard InChI is InChI=1S/C11H14N4O/c16-10-7-9(8-1-3-12-4-2-8)14-11-13-5-6-15(10)11/h5-8,12H,1-4H2,(H,13,14). The highest BCUT2D eigenvalue weighted by Crippen LogP contribution is 2.22. The van der Waals surface area contributed by atoms with Crippen LogP contribution in [0.25, 0.3) is 5.78 Å². The van der Waals surface area contributed by atoms with Crippen LogP contribution in [0.15, 0.2) is 23.3 Å². The third-order valence-corrected chi connectivity index (χ3v) is 3.19. The Hall–Kier alpha value is -1.62. The van der Waals surface area contributed by atoms with Crippen LogP contribution in [-0.4, -0.2) is 27.5 Å². The number of nitrogens with one attached hydrogen (secondary N) is 2. The van der Waals surface area contributed by atoms with Gasteiger partial charge in [0.2, 0.25) is 5.78 Å². The van der Waals surface area contributed by atoms with Crippen LogP contribution in [0.4, 0.5) is 0 Å². The Morgan fingerprint density at radius 1 is 1.38 bits per heavy atom. The van der Waals surface area contributed by atoms with Gasteiger partial charge >= 0.3 is 0 Å². The zero-order chi connectivity index (χ0) is 11.0. The summed E-state index contributed by atoms with van der Waals surface area (Å²) in [5.41, 5.74) is 1.02. The first-order valence-electron chi connectivity index (χ1n) is 5.61. The first kappa shape index (κ1) is 9.59. The molecule has 0 amide bonds. The van der Waals surface area contributed by atoms with Crippen LogP contribution in [0.3, 0.4) is 0 Å². The van der Waals surface area contributed by atoms with Gasteiger partial charge in [0.1, 0.15) is 0 Å². The predicted octanol–water partition coefficient (Wildman–Crippen LogP) is 0.490. The average molecular weight is 218 g/mol. The molecule has 16 heavy (non-hydrogen) atoms. The van der Waals surface area contributed by atoms with Crippen LogP contribution < -0.4 is 10.9 Å². The van der Waals surface area contributed by atoms with Gasteiger partial charge in [-0.2, -0.15) is 0 Å². The average Bonchev–Trinajstić information content (AvgIpc) is 2.79. The number of aromatic nitrogens is 3. The summed E-state index contributed by atoms with van der Waals surface area (Å²) in [7, 11) is 0. The van der Waals surface area contributed by atoms with Crippen molar-refractivity contribution in [1.82, 2.24) is 19.7 Å². The first-order chi connectivity index (χ1) is 7.84. The third kappa shape index (κ3) is 1.53. The lowest BCUT2D eigenvalue weighted by molar-refractivity contribution is 0.453. The maximum absolute atomic E-state index is 11.8. The Morgan fingerprint density at radius 2 is 2.19 bits per heavy atom. The van der Waals surface area contributed by atoms with Crippen molar-refractivity contribution in [1.29, 1.82) is 0 Å². The van der Waals surface area contributed by atoms with Gasteiger partial charge in [-0.3, -0.25) is 9.20 Å². The Labute approximate surface area is 92.5 Å². The Bertz CT molecular complexity index is 550. The molecule has 1 fully saturated rings. The van der Waals surface area contributed by atoms with Crippen molar-refractivity contribution in [2.24, 2.45) is 0 Å². The summed E-state index contributed by atoms with van der Waals surface area (Å²) >= 11 is 0. The second kappa shape index (κ2) is 3.75. The molecule has 0 saturated carbocycles. The van der Waals surface area contributed by atoms with Crippen LogP contribution in [0.1, 0.15) is 24.5 Å². The van der Waals surface area contributed by atoms with Gasteiger partial charge in [0.25, 0.3) is 5.56 Å². The summed E-state index contributed by atoms with van der Waals surface area (Å²) in [5, 5.41) is 3.32. The molecule has 0 aromatic carbocycles. The Balaban J connectivity index is 2.06. The van der Waals surface area contributed by atoms with Crippen molar-refractivity contribution in [3.63, 3.8) is 0 Å². The van der Waals surface area contributed by atoms with E-state index < -0.39 is 0 Å². The van der Waals surface area contributed by atoms with E-state index in [1.165, 1.54) is 4.40 Å². The van der Waals surface area contributed by atoms with Crippen molar-refractivity contribution in [2.75, 3.05) is 13.1 Å². The van der Waals surface area contributed by atoms with Gasteiger partial charge in [0.05, 0.1) is 0 Å². The molecule has 0 radical (unpaired) electrons. The van der Waals surface area contributed by atoms with E-state index in [9.17, 15) is 4.79 Å². The molecule has 3 rings (SSSR count). The van der Waals surface area contributed by atoms with E-state index in [2.05, 4.69) is 15.3 Å². The zero-order valence-electron chi connectivity index (χ0n) is 8.94. The number of fused-ring (bicyclic) bond motifs is 1. The Morgan fingerprint density at radius 3 is 3.00 bits per heavy atom. The minimum Gasteiger partial charge on any atom is -0.328 e. The van der Waals surface area contributed by atoms with Crippen LogP contribution in [0.2, 0.25) is 0 Å². The molecule has 5 heteroatoms. The molecule has 2 aromatic rings. The van der Waals surface area contributed by atoms with Gasteiger partial charge in [0.15, 0.2) is 0 Å². The summed E-state index contributed by atoms with van der Waals surface area (Å²) < 4.78 is 1.53. The molecule has 0 spiro atoms. The monoisotopic (exact) mass is 218 g/mol. The number of nitrogens with zero attached hydrogens (tertiary/aromatic N) is 2. The summed E-state index contributed by atoms with van der Waals surface area (Å²) in [6.07, 6.45) is 5.47. The highest BCUT2D eigenvalue weighted by Gasteiger charge is 2.17. The molecule has 1 saturated heterocycles. The van der Waals surface area contributed by atoms with Crippen LogP contribution >= 0.6 is 0 Å². The van der Waals surface area contributed by atoms with Gasteiger partial charge in [-0.15, -0.1) is 0 Å². The minimum atomic E-state index is -0.000201. The summed E-state index contributed by atoms with van der Waals surface area (Å²) in [4.78, 5) is 19.2. The number of imidazole rings is 1. The summed E-state index contributed by atoms with van der Waals surface area (Å²) in [6, 6.07) is 1.70. The zero-order valence-corrected chi connectivity index (χ0v) is 8.94. The lowest BCUT2D eigenvalue weighted by Crippen LogP contribution is -2.28. The number of H-pyrrole nitrogens is 1. The molecule has 0 unspecified atom stereocenters. The molecular weight excluding hydrogens is 204 g/mol. The fraction of sp³-hybridized carbons (Fsp3) is 0.455. The van der Waals surface area contributed by atoms with Gasteiger partial charge < -0.3 is 10.3 Å². The lowest BCUT2D eigenvalue weighted by Gasteiger charge is -2.22. The van der Waals surface area contributed by atoms with E-state index in [0.717, 1.165) is 31.6 Å². The number of aromatic amines is 1. The second-order valence-corrected chi connectivity index (χ2v) is 4.21. The first-order valence-corrected chi connectivity index (χ1v) is 5.61. The third-order valence-electron chi connectivity index (χ3n) is 3.19. The summed E-state index contributed by atoms with van der Waals surface area (Å²) in [5.74, 6) is 1.09. The van der Waals surface area contributed by atoms with Crippen LogP contribution in [0, 0.1) is 0 Å². The fourth-order valence-corrected chi connectivity index (χ4v) is 2.29. The number of hydrogen-bond donors (Lipinski definition) is 2. The molecule has 0 atom stereocenters. The maximum Gasteiger partial charge on any atom is 0.259 e. The molecule has 2 aromatic heterocycles. The van der Waals surface area contributed by atoms with Crippen molar-refractivity contribution in [3.8, 4) is 0 Å². The molecule has 1 aliphatic heterocycles. The molecule has 5 nitrogen and oxygen atoms in total. The smallest absolute Gasteiger partial charge is 0.259 e. The molecular formula is C11H14N4O. The van der Waals surface area contributed by atoms with E-state index >= 15 is 0 Å². The molecule has 84 valence electrons. The molecule has 2 N–H and O–H groups in total. The molecule has 0 aliphatic carbocycles. The van der Waals surface area contributed by atoms with E-state index in [-0.39, 0.29) is 5.56 Å². The number of rotatable bonds is 1. The van der Waals surface area contributed by atoms with Crippen molar-refractivity contribution >= 4 is 5.78 Å². The lowest BCUT2D eigenvalue weighted by atomic mass is 9.94. The minimum absolute atomic E-state index is 0.000201. The van der Waals surface area contributed by atoms with Crippen molar-refractivity contribution < 1.29 is 0 Å². The highest BCUT2D eigenvalue weighted by atomic mass is 16.1. The number of piperidine rings is 1. The number of hydrogen-bond acceptors (Lipinski definition) is 3. The Kier molecular flexibility index (Phi) is 2.25. The van der Waals surface area contributed by atoms with E-state index in [0.29, 0.717) is 11.7 Å². The second-order valence-electron chi connectivity index (χ2n) is 4.21. The predicted molar refractivity (Wildman–Crippen MR) is 60.7 cm³/mol. The van der Waals surface area contributed by atoms with Gasteiger partial charge in [0, 0.05) is 30.1 Å². The fourth-order valence-electron chi connectivity index (χ4n) is 2.29. The largest absolute Gasteiger partial charge is 0.328 e. The van der Waals surface area contributed by atoms with Crippen molar-refractivity contribution in [2.45, 2.75) is 18.8 Å². The van der Waals surface area contributed by atoms with E-state index in [1.54, 1.807) is 18.5 Å². The molecule has 1 aliphatic rings. The van der Waals surface area contributed by atoms with Gasteiger partial charge in [-0.1, -0.05) is 0 Å². The quantitative estimate of drug-likeness (QED) is 0.732. The van der Waals surface area contributed by atoms with E-state index in [4.69, 9.17) is 0 Å². The molecule has 3 heterocycles. The van der Waals surface area contributed by atoms with Gasteiger partial charge in [-0.25, -0.2) is 4.98 Å². The molecule has 0 bridgehead atoms. The van der Waals surface area contributed by atoms with Gasteiger partial charge in [-0.05, 0) is 25.9 Å². The van der Waals surface area contributed by atoms with E-state index in [1.807, 2.05) is 0 Å². The summed E-state index contributed by atoms with van der Waals surface area (Å²) in [6.45, 7) is 2.04.